The van der Waals surface area contributed by atoms with E-state index in [9.17, 15) is 4.39 Å². The molecule has 5 rings (SSSR count). The first-order valence-electron chi connectivity index (χ1n) is 11.2. The quantitative estimate of drug-likeness (QED) is 0.328. The van der Waals surface area contributed by atoms with Crippen molar-refractivity contribution in [3.63, 3.8) is 0 Å². The van der Waals surface area contributed by atoms with E-state index in [1.54, 1.807) is 12.1 Å². The highest BCUT2D eigenvalue weighted by Gasteiger charge is 2.27. The molecule has 1 saturated heterocycles. The van der Waals surface area contributed by atoms with Gasteiger partial charge in [0.05, 0.1) is 6.10 Å². The van der Waals surface area contributed by atoms with Crippen molar-refractivity contribution in [2.75, 3.05) is 6.61 Å². The lowest BCUT2D eigenvalue weighted by atomic mass is 9.87. The van der Waals surface area contributed by atoms with Crippen molar-refractivity contribution in [1.29, 1.82) is 0 Å². The topological polar surface area (TPSA) is 47.9 Å². The lowest BCUT2D eigenvalue weighted by molar-refractivity contribution is 0.00461. The Balaban J connectivity index is 1.62. The van der Waals surface area contributed by atoms with E-state index >= 15 is 0 Å². The third-order valence-electron chi connectivity index (χ3n) is 6.48. The monoisotopic (exact) mass is 461 g/mol. The Morgan fingerprint density at radius 2 is 1.85 bits per heavy atom. The van der Waals surface area contributed by atoms with Gasteiger partial charge in [0.15, 0.2) is 5.65 Å². The average Bonchev–Trinajstić information content (AvgIpc) is 2.80. The van der Waals surface area contributed by atoms with Crippen LogP contribution in [-0.2, 0) is 4.74 Å². The van der Waals surface area contributed by atoms with Crippen LogP contribution in [0, 0.1) is 26.6 Å². The second kappa shape index (κ2) is 8.81. The SMILES string of the molecule is Cc1cc([C@@H]2C[C@H](c3cc(-c4ccc(Cl)cc4F)c4cc(C)c(C)nc4n3)CCO2)ccn1. The number of nitrogens with zero attached hydrogens (tertiary/aromatic N) is 3. The summed E-state index contributed by atoms with van der Waals surface area (Å²) < 4.78 is 21.1. The Morgan fingerprint density at radius 3 is 2.64 bits per heavy atom. The Kier molecular flexibility index (Phi) is 5.85. The summed E-state index contributed by atoms with van der Waals surface area (Å²) in [5, 5.41) is 1.22. The maximum absolute atomic E-state index is 15.0. The van der Waals surface area contributed by atoms with Gasteiger partial charge in [0.1, 0.15) is 5.82 Å². The molecule has 0 unspecified atom stereocenters. The molecule has 6 heteroatoms. The molecule has 0 aliphatic carbocycles. The first-order valence-corrected chi connectivity index (χ1v) is 11.6. The molecule has 4 heterocycles. The number of halogens is 2. The number of fused-ring (bicyclic) bond motifs is 1. The van der Waals surface area contributed by atoms with Crippen LogP contribution in [0.4, 0.5) is 4.39 Å². The zero-order chi connectivity index (χ0) is 23.1. The number of rotatable bonds is 3. The molecule has 1 aromatic carbocycles. The lowest BCUT2D eigenvalue weighted by Crippen LogP contribution is -2.20. The van der Waals surface area contributed by atoms with Crippen molar-refractivity contribution in [3.8, 4) is 11.1 Å². The van der Waals surface area contributed by atoms with E-state index < -0.39 is 0 Å². The summed E-state index contributed by atoms with van der Waals surface area (Å²) in [6.45, 7) is 6.61. The highest BCUT2D eigenvalue weighted by atomic mass is 35.5. The molecular formula is C27H25ClFN3O. The summed E-state index contributed by atoms with van der Waals surface area (Å²) in [6, 6.07) is 13.0. The molecule has 4 nitrogen and oxygen atoms in total. The molecule has 3 aromatic heterocycles. The van der Waals surface area contributed by atoms with Crippen LogP contribution in [0.3, 0.4) is 0 Å². The van der Waals surface area contributed by atoms with Gasteiger partial charge in [-0.15, -0.1) is 0 Å². The van der Waals surface area contributed by atoms with Gasteiger partial charge in [-0.25, -0.2) is 14.4 Å². The molecule has 168 valence electrons. The van der Waals surface area contributed by atoms with Gasteiger partial charge in [-0.1, -0.05) is 11.6 Å². The maximum atomic E-state index is 15.0. The molecule has 1 aliphatic heterocycles. The molecule has 4 aromatic rings. The second-order valence-corrected chi connectivity index (χ2v) is 9.23. The van der Waals surface area contributed by atoms with Crippen LogP contribution in [0.1, 0.15) is 53.1 Å². The number of benzene rings is 1. The van der Waals surface area contributed by atoms with Crippen molar-refractivity contribution in [2.24, 2.45) is 0 Å². The van der Waals surface area contributed by atoms with Crippen molar-refractivity contribution < 1.29 is 9.13 Å². The van der Waals surface area contributed by atoms with E-state index in [0.29, 0.717) is 22.8 Å². The van der Waals surface area contributed by atoms with Crippen LogP contribution in [0.15, 0.2) is 48.7 Å². The van der Waals surface area contributed by atoms with Crippen LogP contribution in [-0.4, -0.2) is 21.6 Å². The minimum absolute atomic E-state index is 0.0219. The van der Waals surface area contributed by atoms with E-state index in [-0.39, 0.29) is 17.8 Å². The van der Waals surface area contributed by atoms with Gasteiger partial charge >= 0.3 is 0 Å². The van der Waals surface area contributed by atoms with E-state index in [1.807, 2.05) is 45.2 Å². The molecule has 1 fully saturated rings. The Bertz CT molecular complexity index is 1360. The van der Waals surface area contributed by atoms with Crippen molar-refractivity contribution in [3.05, 3.63) is 87.7 Å². The van der Waals surface area contributed by atoms with Gasteiger partial charge < -0.3 is 4.74 Å². The van der Waals surface area contributed by atoms with Crippen LogP contribution in [0.5, 0.6) is 0 Å². The number of pyridine rings is 3. The van der Waals surface area contributed by atoms with Crippen molar-refractivity contribution in [2.45, 2.75) is 45.6 Å². The Labute approximate surface area is 197 Å². The predicted octanol–water partition coefficient (Wildman–Crippen LogP) is 7.04. The van der Waals surface area contributed by atoms with Crippen LogP contribution in [0.2, 0.25) is 5.02 Å². The summed E-state index contributed by atoms with van der Waals surface area (Å²) in [4.78, 5) is 14.0. The third kappa shape index (κ3) is 4.35. The number of ether oxygens (including phenoxy) is 1. The number of aromatic nitrogens is 3. The first-order chi connectivity index (χ1) is 15.9. The molecule has 0 amide bonds. The highest BCUT2D eigenvalue weighted by molar-refractivity contribution is 6.30. The van der Waals surface area contributed by atoms with Crippen LogP contribution < -0.4 is 0 Å². The molecule has 0 bridgehead atoms. The van der Waals surface area contributed by atoms with Crippen molar-refractivity contribution >= 4 is 22.6 Å². The number of aryl methyl sites for hydroxylation is 3. The van der Waals surface area contributed by atoms with E-state index in [0.717, 1.165) is 52.0 Å². The van der Waals surface area contributed by atoms with Gasteiger partial charge in [-0.3, -0.25) is 4.98 Å². The fourth-order valence-electron chi connectivity index (χ4n) is 4.56. The van der Waals surface area contributed by atoms with Crippen molar-refractivity contribution in [1.82, 2.24) is 15.0 Å². The minimum Gasteiger partial charge on any atom is -0.373 e. The smallest absolute Gasteiger partial charge is 0.160 e. The molecule has 0 radical (unpaired) electrons. The van der Waals surface area contributed by atoms with Gasteiger partial charge in [0.25, 0.3) is 0 Å². The minimum atomic E-state index is -0.351. The summed E-state index contributed by atoms with van der Waals surface area (Å²) in [5.41, 5.74) is 6.93. The molecule has 33 heavy (non-hydrogen) atoms. The first kappa shape index (κ1) is 21.9. The molecule has 0 saturated carbocycles. The summed E-state index contributed by atoms with van der Waals surface area (Å²) >= 11 is 6.02. The second-order valence-electron chi connectivity index (χ2n) is 8.79. The fourth-order valence-corrected chi connectivity index (χ4v) is 4.72. The summed E-state index contributed by atoms with van der Waals surface area (Å²) in [7, 11) is 0. The normalized spacial score (nSPS) is 18.6. The molecule has 2 atom stereocenters. The Morgan fingerprint density at radius 1 is 1.00 bits per heavy atom. The Hall–Kier alpha value is -2.89. The van der Waals surface area contributed by atoms with Crippen LogP contribution >= 0.6 is 11.6 Å². The third-order valence-corrected chi connectivity index (χ3v) is 6.71. The van der Waals surface area contributed by atoms with Gasteiger partial charge in [0, 0.05) is 51.8 Å². The van der Waals surface area contributed by atoms with E-state index in [2.05, 4.69) is 11.1 Å². The largest absolute Gasteiger partial charge is 0.373 e. The fraction of sp³-hybridized carbons (Fsp3) is 0.296. The zero-order valence-electron chi connectivity index (χ0n) is 18.9. The van der Waals surface area contributed by atoms with E-state index in [1.165, 1.54) is 6.07 Å². The number of hydrogen-bond acceptors (Lipinski definition) is 4. The van der Waals surface area contributed by atoms with E-state index in [4.69, 9.17) is 26.3 Å². The summed E-state index contributed by atoms with van der Waals surface area (Å²) in [5.74, 6) is -0.171. The molecule has 1 aliphatic rings. The molecular weight excluding hydrogens is 437 g/mol. The molecule has 0 N–H and O–H groups in total. The number of hydrogen-bond donors (Lipinski definition) is 0. The predicted molar refractivity (Wildman–Crippen MR) is 129 cm³/mol. The zero-order valence-corrected chi connectivity index (χ0v) is 19.7. The standard InChI is InChI=1S/C27H25ClFN3O/c1-15-10-23-22(21-5-4-20(28)13-24(21)29)14-25(32-27(23)31-17(15)3)18-7-9-33-26(12-18)19-6-8-30-16(2)11-19/h4-6,8,10-11,13-14,18,26H,7,9,12H2,1-3H3/t18-,26+/m1/s1. The maximum Gasteiger partial charge on any atom is 0.160 e. The molecule has 0 spiro atoms. The summed E-state index contributed by atoms with van der Waals surface area (Å²) in [6.07, 6.45) is 3.45. The lowest BCUT2D eigenvalue weighted by Gasteiger charge is -2.30. The highest BCUT2D eigenvalue weighted by Crippen LogP contribution is 2.40. The average molecular weight is 462 g/mol. The van der Waals surface area contributed by atoms with Crippen LogP contribution in [0.25, 0.3) is 22.2 Å². The van der Waals surface area contributed by atoms with Gasteiger partial charge in [-0.2, -0.15) is 0 Å². The van der Waals surface area contributed by atoms with Gasteiger partial charge in [-0.05, 0) is 92.8 Å². The van der Waals surface area contributed by atoms with Gasteiger partial charge in [0.2, 0.25) is 0 Å².